The maximum Gasteiger partial charge on any atom is 0.404 e. The van der Waals surface area contributed by atoms with Crippen molar-refractivity contribution in [1.82, 2.24) is 10.1 Å². The first-order valence-electron chi connectivity index (χ1n) is 6.19. The third kappa shape index (κ3) is 4.06. The van der Waals surface area contributed by atoms with E-state index in [0.717, 1.165) is 5.56 Å². The van der Waals surface area contributed by atoms with Crippen molar-refractivity contribution < 1.29 is 14.1 Å². The Labute approximate surface area is 115 Å². The number of carbonyl (C=O) groups excluding carboxylic acids is 1. The van der Waals surface area contributed by atoms with Crippen LogP contribution in [-0.4, -0.2) is 22.8 Å². The van der Waals surface area contributed by atoms with Crippen LogP contribution in [-0.2, 0) is 11.2 Å². The lowest BCUT2D eigenvalue weighted by Gasteiger charge is -2.05. The molecule has 0 saturated carbocycles. The van der Waals surface area contributed by atoms with E-state index < -0.39 is 12.1 Å². The zero-order valence-electron chi connectivity index (χ0n) is 10.9. The van der Waals surface area contributed by atoms with Crippen molar-refractivity contribution in [1.29, 1.82) is 0 Å². The number of benzene rings is 1. The van der Waals surface area contributed by atoms with Gasteiger partial charge < -0.3 is 20.7 Å². The first kappa shape index (κ1) is 14.0. The molecule has 7 nitrogen and oxygen atoms in total. The van der Waals surface area contributed by atoms with Crippen molar-refractivity contribution in [3.8, 4) is 0 Å². The fourth-order valence-corrected chi connectivity index (χ4v) is 1.68. The van der Waals surface area contributed by atoms with Gasteiger partial charge in [0.25, 0.3) is 0 Å². The molecule has 7 heteroatoms. The Balaban J connectivity index is 1.89. The van der Waals surface area contributed by atoms with Gasteiger partial charge in [-0.15, -0.1) is 0 Å². The van der Waals surface area contributed by atoms with Crippen molar-refractivity contribution >= 4 is 6.09 Å². The van der Waals surface area contributed by atoms with Gasteiger partial charge in [-0.05, 0) is 5.56 Å². The molecule has 0 saturated heterocycles. The van der Waals surface area contributed by atoms with E-state index in [1.54, 1.807) is 0 Å². The van der Waals surface area contributed by atoms with Gasteiger partial charge in [0, 0.05) is 12.8 Å². The third-order valence-corrected chi connectivity index (χ3v) is 2.68. The number of nitrogens with zero attached hydrogens (tertiary/aromatic N) is 2. The second kappa shape index (κ2) is 6.67. The van der Waals surface area contributed by atoms with E-state index >= 15 is 0 Å². The Bertz CT molecular complexity index is 556. The minimum absolute atomic E-state index is 0.118. The molecule has 2 rings (SSSR count). The predicted octanol–water partition coefficient (Wildman–Crippen LogP) is 1.15. The predicted molar refractivity (Wildman–Crippen MR) is 70.6 cm³/mol. The van der Waals surface area contributed by atoms with Crippen LogP contribution in [0.4, 0.5) is 4.79 Å². The maximum absolute atomic E-state index is 10.4. The van der Waals surface area contributed by atoms with Crippen LogP contribution < -0.4 is 11.5 Å². The molecule has 1 atom stereocenters. The zero-order valence-corrected chi connectivity index (χ0v) is 10.9. The second-order valence-corrected chi connectivity index (χ2v) is 4.27. The highest BCUT2D eigenvalue weighted by Gasteiger charge is 2.15. The minimum atomic E-state index is -0.826. The molecule has 0 bridgehead atoms. The lowest BCUT2D eigenvalue weighted by molar-refractivity contribution is 0.151. The van der Waals surface area contributed by atoms with Gasteiger partial charge in [0.05, 0.1) is 12.6 Å². The summed E-state index contributed by atoms with van der Waals surface area (Å²) >= 11 is 0. The molecule has 20 heavy (non-hydrogen) atoms. The number of primary amides is 1. The number of rotatable bonds is 6. The van der Waals surface area contributed by atoms with Crippen LogP contribution >= 0.6 is 0 Å². The molecule has 0 spiro atoms. The summed E-state index contributed by atoms with van der Waals surface area (Å²) in [5.74, 6) is 0.890. The SMILES string of the molecule is NC(=O)OCCC(N)c1nc(Cc2ccccc2)no1. The summed E-state index contributed by atoms with van der Waals surface area (Å²) in [6, 6.07) is 9.32. The molecule has 1 heterocycles. The van der Waals surface area contributed by atoms with Crippen LogP contribution in [0.15, 0.2) is 34.9 Å². The van der Waals surface area contributed by atoms with Crippen molar-refractivity contribution in [3.05, 3.63) is 47.6 Å². The van der Waals surface area contributed by atoms with E-state index in [9.17, 15) is 4.79 Å². The highest BCUT2D eigenvalue weighted by molar-refractivity contribution is 5.64. The molecule has 2 aromatic rings. The summed E-state index contributed by atoms with van der Waals surface area (Å²) in [5, 5.41) is 3.88. The van der Waals surface area contributed by atoms with Gasteiger partial charge in [0.2, 0.25) is 5.89 Å². The van der Waals surface area contributed by atoms with Gasteiger partial charge in [0.15, 0.2) is 5.82 Å². The summed E-state index contributed by atoms with van der Waals surface area (Å²) in [7, 11) is 0. The Morgan fingerprint density at radius 1 is 1.35 bits per heavy atom. The van der Waals surface area contributed by atoms with Gasteiger partial charge in [-0.2, -0.15) is 4.98 Å². The van der Waals surface area contributed by atoms with E-state index in [1.165, 1.54) is 0 Å². The van der Waals surface area contributed by atoms with Crippen LogP contribution in [0.25, 0.3) is 0 Å². The van der Waals surface area contributed by atoms with Gasteiger partial charge in [0.1, 0.15) is 0 Å². The Hall–Kier alpha value is -2.41. The summed E-state index contributed by atoms with van der Waals surface area (Å²) in [4.78, 5) is 14.7. The number of amides is 1. The summed E-state index contributed by atoms with van der Waals surface area (Å²) in [6.07, 6.45) is 0.123. The topological polar surface area (TPSA) is 117 Å². The van der Waals surface area contributed by atoms with Crippen molar-refractivity contribution in [2.75, 3.05) is 6.61 Å². The fraction of sp³-hybridized carbons (Fsp3) is 0.308. The van der Waals surface area contributed by atoms with E-state index in [0.29, 0.717) is 24.6 Å². The molecule has 106 valence electrons. The number of ether oxygens (including phenoxy) is 1. The van der Waals surface area contributed by atoms with Crippen LogP contribution in [0.2, 0.25) is 0 Å². The van der Waals surface area contributed by atoms with Gasteiger partial charge in [-0.3, -0.25) is 0 Å². The first-order valence-corrected chi connectivity index (χ1v) is 6.19. The first-order chi connectivity index (χ1) is 9.65. The van der Waals surface area contributed by atoms with E-state index in [1.807, 2.05) is 30.3 Å². The molecule has 0 aliphatic heterocycles. The molecule has 1 unspecified atom stereocenters. The normalized spacial score (nSPS) is 12.1. The summed E-state index contributed by atoms with van der Waals surface area (Å²) in [6.45, 7) is 0.118. The van der Waals surface area contributed by atoms with Crippen LogP contribution in [0.3, 0.4) is 0 Å². The largest absolute Gasteiger partial charge is 0.450 e. The standard InChI is InChI=1S/C13H16N4O3/c14-10(6-7-19-13(15)18)12-16-11(17-20-12)8-9-4-2-1-3-5-9/h1-5,10H,6-8,14H2,(H2,15,18). The second-order valence-electron chi connectivity index (χ2n) is 4.27. The summed E-state index contributed by atoms with van der Waals surface area (Å²) < 4.78 is 9.70. The number of carbonyl (C=O) groups is 1. The Kier molecular flexibility index (Phi) is 4.67. The van der Waals surface area contributed by atoms with Crippen molar-refractivity contribution in [2.45, 2.75) is 18.9 Å². The molecule has 1 aromatic heterocycles. The quantitative estimate of drug-likeness (QED) is 0.817. The highest BCUT2D eigenvalue weighted by Crippen LogP contribution is 2.13. The van der Waals surface area contributed by atoms with Crippen LogP contribution in [0.1, 0.15) is 29.7 Å². The van der Waals surface area contributed by atoms with Gasteiger partial charge in [-0.25, -0.2) is 4.79 Å². The minimum Gasteiger partial charge on any atom is -0.450 e. The lowest BCUT2D eigenvalue weighted by Crippen LogP contribution is -2.18. The molecule has 0 aliphatic carbocycles. The molecule has 4 N–H and O–H groups in total. The number of nitrogens with two attached hydrogens (primary N) is 2. The molecular weight excluding hydrogens is 260 g/mol. The zero-order chi connectivity index (χ0) is 14.4. The molecule has 0 fully saturated rings. The monoisotopic (exact) mass is 276 g/mol. The summed E-state index contributed by atoms with van der Waals surface area (Å²) in [5.41, 5.74) is 11.8. The molecular formula is C13H16N4O3. The average Bonchev–Trinajstić information content (AvgIpc) is 2.88. The molecule has 1 aromatic carbocycles. The van der Waals surface area contributed by atoms with Crippen LogP contribution in [0.5, 0.6) is 0 Å². The smallest absolute Gasteiger partial charge is 0.404 e. The van der Waals surface area contributed by atoms with E-state index in [2.05, 4.69) is 14.9 Å². The highest BCUT2D eigenvalue weighted by atomic mass is 16.5. The van der Waals surface area contributed by atoms with Crippen LogP contribution in [0, 0.1) is 0 Å². The average molecular weight is 276 g/mol. The molecule has 0 radical (unpaired) electrons. The van der Waals surface area contributed by atoms with E-state index in [4.69, 9.17) is 16.0 Å². The molecule has 1 amide bonds. The molecule has 0 aliphatic rings. The number of hydrogen-bond donors (Lipinski definition) is 2. The van der Waals surface area contributed by atoms with Gasteiger partial charge >= 0.3 is 6.09 Å². The lowest BCUT2D eigenvalue weighted by atomic mass is 10.1. The van der Waals surface area contributed by atoms with Crippen molar-refractivity contribution in [2.24, 2.45) is 11.5 Å². The number of aromatic nitrogens is 2. The number of hydrogen-bond acceptors (Lipinski definition) is 6. The Morgan fingerprint density at radius 3 is 2.80 bits per heavy atom. The van der Waals surface area contributed by atoms with E-state index in [-0.39, 0.29) is 6.61 Å². The fourth-order valence-electron chi connectivity index (χ4n) is 1.68. The third-order valence-electron chi connectivity index (χ3n) is 2.68. The maximum atomic E-state index is 10.4. The Morgan fingerprint density at radius 2 is 2.10 bits per heavy atom. The van der Waals surface area contributed by atoms with Crippen molar-refractivity contribution in [3.63, 3.8) is 0 Å². The van der Waals surface area contributed by atoms with Gasteiger partial charge in [-0.1, -0.05) is 35.5 Å².